The molecular weight excluding hydrogens is 216 g/mol. The Hall–Kier alpha value is -0.540. The standard InChI is InChI=1S/C13H20N2S/c1-10-2-3-12(9-15-10)13(14)8-11-4-6-16-7-5-11/h2-3,9,11,13H,4-8,14H2,1H3. The van der Waals surface area contributed by atoms with Crippen LogP contribution >= 0.6 is 11.8 Å². The highest BCUT2D eigenvalue weighted by atomic mass is 32.2. The van der Waals surface area contributed by atoms with E-state index in [9.17, 15) is 0 Å². The minimum absolute atomic E-state index is 0.168. The lowest BCUT2D eigenvalue weighted by Crippen LogP contribution is -2.19. The molecule has 0 spiro atoms. The summed E-state index contributed by atoms with van der Waals surface area (Å²) in [6, 6.07) is 4.33. The molecule has 2 heterocycles. The lowest BCUT2D eigenvalue weighted by Gasteiger charge is -2.24. The number of hydrogen-bond acceptors (Lipinski definition) is 3. The zero-order valence-corrected chi connectivity index (χ0v) is 10.7. The van der Waals surface area contributed by atoms with Gasteiger partial charge in [0.05, 0.1) is 0 Å². The molecule has 1 fully saturated rings. The molecule has 2 nitrogen and oxygen atoms in total. The molecule has 2 N–H and O–H groups in total. The second kappa shape index (κ2) is 5.69. The molecule has 1 aliphatic rings. The molecule has 0 radical (unpaired) electrons. The second-order valence-electron chi connectivity index (χ2n) is 4.63. The Labute approximate surface area is 102 Å². The average molecular weight is 236 g/mol. The molecule has 0 saturated carbocycles. The fourth-order valence-electron chi connectivity index (χ4n) is 2.18. The SMILES string of the molecule is Cc1ccc(C(N)CC2CCSCC2)cn1. The van der Waals surface area contributed by atoms with Crippen molar-refractivity contribution in [3.05, 3.63) is 29.6 Å². The van der Waals surface area contributed by atoms with Crippen molar-refractivity contribution < 1.29 is 0 Å². The van der Waals surface area contributed by atoms with Gasteiger partial charge in [0.15, 0.2) is 0 Å². The summed E-state index contributed by atoms with van der Waals surface area (Å²) in [5, 5.41) is 0. The Morgan fingerprint density at radius 2 is 2.19 bits per heavy atom. The summed E-state index contributed by atoms with van der Waals surface area (Å²) in [5.41, 5.74) is 8.47. The number of pyridine rings is 1. The summed E-state index contributed by atoms with van der Waals surface area (Å²) in [5.74, 6) is 3.44. The van der Waals surface area contributed by atoms with Gasteiger partial charge in [-0.05, 0) is 55.2 Å². The van der Waals surface area contributed by atoms with E-state index in [4.69, 9.17) is 5.73 Å². The number of hydrogen-bond donors (Lipinski definition) is 1. The molecule has 2 rings (SSSR count). The Bertz CT molecular complexity index is 317. The smallest absolute Gasteiger partial charge is 0.0372 e. The molecule has 0 amide bonds. The largest absolute Gasteiger partial charge is 0.324 e. The molecule has 1 saturated heterocycles. The Balaban J connectivity index is 1.91. The van der Waals surface area contributed by atoms with Gasteiger partial charge < -0.3 is 5.73 Å². The molecule has 0 aliphatic carbocycles. The third-order valence-corrected chi connectivity index (χ3v) is 4.34. The van der Waals surface area contributed by atoms with Crippen molar-refractivity contribution in [1.29, 1.82) is 0 Å². The topological polar surface area (TPSA) is 38.9 Å². The number of rotatable bonds is 3. The van der Waals surface area contributed by atoms with Crippen LogP contribution in [0.3, 0.4) is 0 Å². The summed E-state index contributed by atoms with van der Waals surface area (Å²) < 4.78 is 0. The molecule has 1 unspecified atom stereocenters. The maximum Gasteiger partial charge on any atom is 0.0372 e. The van der Waals surface area contributed by atoms with Crippen molar-refractivity contribution in [2.45, 2.75) is 32.2 Å². The van der Waals surface area contributed by atoms with Crippen LogP contribution in [0.25, 0.3) is 0 Å². The van der Waals surface area contributed by atoms with Crippen LogP contribution in [0.1, 0.15) is 36.6 Å². The van der Waals surface area contributed by atoms with Crippen LogP contribution in [0, 0.1) is 12.8 Å². The minimum atomic E-state index is 0.168. The summed E-state index contributed by atoms with van der Waals surface area (Å²) in [7, 11) is 0. The van der Waals surface area contributed by atoms with Crippen LogP contribution in [-0.2, 0) is 0 Å². The maximum atomic E-state index is 6.23. The second-order valence-corrected chi connectivity index (χ2v) is 5.86. The van der Waals surface area contributed by atoms with E-state index < -0.39 is 0 Å². The third kappa shape index (κ3) is 3.22. The van der Waals surface area contributed by atoms with Crippen molar-refractivity contribution in [2.24, 2.45) is 11.7 Å². The highest BCUT2D eigenvalue weighted by Gasteiger charge is 2.17. The quantitative estimate of drug-likeness (QED) is 0.877. The van der Waals surface area contributed by atoms with Gasteiger partial charge in [0.1, 0.15) is 0 Å². The van der Waals surface area contributed by atoms with Gasteiger partial charge >= 0.3 is 0 Å². The van der Waals surface area contributed by atoms with Gasteiger partial charge in [-0.2, -0.15) is 11.8 Å². The number of aryl methyl sites for hydroxylation is 1. The summed E-state index contributed by atoms with van der Waals surface area (Å²) in [6.45, 7) is 2.01. The van der Waals surface area contributed by atoms with E-state index in [2.05, 4.69) is 22.8 Å². The first-order valence-electron chi connectivity index (χ1n) is 6.01. The van der Waals surface area contributed by atoms with Gasteiger partial charge in [0.25, 0.3) is 0 Å². The molecule has 1 atom stereocenters. The van der Waals surface area contributed by atoms with Crippen LogP contribution in [-0.4, -0.2) is 16.5 Å². The summed E-state index contributed by atoms with van der Waals surface area (Å²) in [4.78, 5) is 4.31. The molecule has 1 aromatic heterocycles. The van der Waals surface area contributed by atoms with Crippen molar-refractivity contribution >= 4 is 11.8 Å². The van der Waals surface area contributed by atoms with Crippen LogP contribution in [0.2, 0.25) is 0 Å². The van der Waals surface area contributed by atoms with E-state index in [1.165, 1.54) is 29.9 Å². The van der Waals surface area contributed by atoms with Crippen molar-refractivity contribution in [2.75, 3.05) is 11.5 Å². The van der Waals surface area contributed by atoms with Crippen molar-refractivity contribution in [3.63, 3.8) is 0 Å². The molecule has 88 valence electrons. The van der Waals surface area contributed by atoms with Gasteiger partial charge in [0, 0.05) is 17.9 Å². The van der Waals surface area contributed by atoms with E-state index in [1.807, 2.05) is 19.2 Å². The number of nitrogens with zero attached hydrogens (tertiary/aromatic N) is 1. The number of nitrogens with two attached hydrogens (primary N) is 1. The Morgan fingerprint density at radius 1 is 1.44 bits per heavy atom. The van der Waals surface area contributed by atoms with Gasteiger partial charge in [-0.3, -0.25) is 4.98 Å². The predicted octanol–water partition coefficient (Wildman–Crippen LogP) is 2.92. The summed E-state index contributed by atoms with van der Waals surface area (Å²) in [6.07, 6.45) is 5.71. The van der Waals surface area contributed by atoms with Crippen LogP contribution in [0.15, 0.2) is 18.3 Å². The first-order valence-corrected chi connectivity index (χ1v) is 7.17. The number of thioether (sulfide) groups is 1. The Kier molecular flexibility index (Phi) is 4.24. The van der Waals surface area contributed by atoms with E-state index in [0.717, 1.165) is 18.0 Å². The molecular formula is C13H20N2S. The van der Waals surface area contributed by atoms with Crippen LogP contribution < -0.4 is 5.73 Å². The molecule has 1 aromatic rings. The minimum Gasteiger partial charge on any atom is -0.324 e. The van der Waals surface area contributed by atoms with Gasteiger partial charge in [-0.15, -0.1) is 0 Å². The predicted molar refractivity (Wildman–Crippen MR) is 70.6 cm³/mol. The lowest BCUT2D eigenvalue weighted by atomic mass is 9.92. The van der Waals surface area contributed by atoms with Crippen LogP contribution in [0.4, 0.5) is 0 Å². The van der Waals surface area contributed by atoms with Crippen molar-refractivity contribution in [1.82, 2.24) is 4.98 Å². The molecule has 0 bridgehead atoms. The van der Waals surface area contributed by atoms with Crippen LogP contribution in [0.5, 0.6) is 0 Å². The van der Waals surface area contributed by atoms with Crippen molar-refractivity contribution in [3.8, 4) is 0 Å². The fraction of sp³-hybridized carbons (Fsp3) is 0.615. The van der Waals surface area contributed by atoms with Gasteiger partial charge in [0.2, 0.25) is 0 Å². The molecule has 1 aliphatic heterocycles. The molecule has 16 heavy (non-hydrogen) atoms. The first-order chi connectivity index (χ1) is 7.75. The Morgan fingerprint density at radius 3 is 2.81 bits per heavy atom. The third-order valence-electron chi connectivity index (χ3n) is 3.29. The fourth-order valence-corrected chi connectivity index (χ4v) is 3.38. The van der Waals surface area contributed by atoms with Gasteiger partial charge in [-0.25, -0.2) is 0 Å². The highest BCUT2D eigenvalue weighted by molar-refractivity contribution is 7.99. The highest BCUT2D eigenvalue weighted by Crippen LogP contribution is 2.29. The van der Waals surface area contributed by atoms with E-state index in [1.54, 1.807) is 0 Å². The summed E-state index contributed by atoms with van der Waals surface area (Å²) >= 11 is 2.07. The molecule has 0 aromatic carbocycles. The van der Waals surface area contributed by atoms with E-state index in [-0.39, 0.29) is 6.04 Å². The first kappa shape index (κ1) is 11.9. The lowest BCUT2D eigenvalue weighted by molar-refractivity contribution is 0.412. The zero-order chi connectivity index (χ0) is 11.4. The van der Waals surface area contributed by atoms with Gasteiger partial charge in [-0.1, -0.05) is 6.07 Å². The molecule has 3 heteroatoms. The number of aromatic nitrogens is 1. The zero-order valence-electron chi connectivity index (χ0n) is 9.86. The average Bonchev–Trinajstić information content (AvgIpc) is 2.31. The van der Waals surface area contributed by atoms with E-state index in [0.29, 0.717) is 0 Å². The monoisotopic (exact) mass is 236 g/mol. The van der Waals surface area contributed by atoms with E-state index >= 15 is 0 Å². The maximum absolute atomic E-state index is 6.23. The normalized spacial score (nSPS) is 19.6.